The lowest BCUT2D eigenvalue weighted by Gasteiger charge is -2.23. The van der Waals surface area contributed by atoms with Gasteiger partial charge < -0.3 is 0 Å². The Morgan fingerprint density at radius 2 is 1.73 bits per heavy atom. The molecule has 0 aromatic carbocycles. The van der Waals surface area contributed by atoms with Gasteiger partial charge in [0.1, 0.15) is 5.70 Å². The molecule has 7 heteroatoms. The molecule has 0 aromatic heterocycles. The van der Waals surface area contributed by atoms with Crippen LogP contribution in [0.25, 0.3) is 0 Å². The van der Waals surface area contributed by atoms with Crippen LogP contribution >= 0.6 is 0 Å². The van der Waals surface area contributed by atoms with Crippen LogP contribution in [-0.4, -0.2) is 42.0 Å². The van der Waals surface area contributed by atoms with Crippen LogP contribution in [-0.2, 0) is 4.79 Å². The van der Waals surface area contributed by atoms with E-state index in [0.717, 1.165) is 14.1 Å². The van der Waals surface area contributed by atoms with Crippen molar-refractivity contribution in [3.8, 4) is 0 Å². The fraction of sp³-hybridized carbons (Fsp3) is 0.500. The molecule has 1 aliphatic heterocycles. The highest BCUT2D eigenvalue weighted by molar-refractivity contribution is 5.96. The van der Waals surface area contributed by atoms with Gasteiger partial charge in [0.05, 0.1) is 0 Å². The number of alkyl halides is 3. The zero-order valence-corrected chi connectivity index (χ0v) is 8.13. The van der Waals surface area contributed by atoms with Crippen molar-refractivity contribution in [1.29, 1.82) is 0 Å². The van der Waals surface area contributed by atoms with Crippen LogP contribution in [0.15, 0.2) is 11.8 Å². The van der Waals surface area contributed by atoms with Crippen molar-refractivity contribution in [2.45, 2.75) is 12.6 Å². The van der Waals surface area contributed by atoms with Crippen molar-refractivity contribution in [3.63, 3.8) is 0 Å². The number of imide groups is 1. The van der Waals surface area contributed by atoms with E-state index in [0.29, 0.717) is 15.9 Å². The third-order valence-electron chi connectivity index (χ3n) is 2.07. The Balaban J connectivity index is 3.10. The van der Waals surface area contributed by atoms with E-state index in [-0.39, 0.29) is 0 Å². The molecule has 0 fully saturated rings. The van der Waals surface area contributed by atoms with Crippen molar-refractivity contribution < 1.29 is 22.8 Å². The summed E-state index contributed by atoms with van der Waals surface area (Å²) in [5.41, 5.74) is -1.11. The zero-order valence-electron chi connectivity index (χ0n) is 8.13. The molecule has 1 heterocycles. The molecule has 0 saturated carbocycles. The van der Waals surface area contributed by atoms with E-state index in [1.54, 1.807) is 0 Å². The number of urea groups is 1. The summed E-state index contributed by atoms with van der Waals surface area (Å²) in [4.78, 5) is 23.5. The van der Waals surface area contributed by atoms with Crippen molar-refractivity contribution >= 4 is 11.9 Å². The summed E-state index contributed by atoms with van der Waals surface area (Å²) in [6.07, 6.45) is -4.35. The maximum atomic E-state index is 12.4. The molecule has 0 aromatic rings. The lowest BCUT2D eigenvalue weighted by atomic mass is 10.3. The normalized spacial score (nSPS) is 19.1. The third kappa shape index (κ3) is 2.11. The van der Waals surface area contributed by atoms with Gasteiger partial charge >= 0.3 is 12.2 Å². The highest BCUT2D eigenvalue weighted by Gasteiger charge is 2.41. The van der Waals surface area contributed by atoms with Crippen LogP contribution in [0, 0.1) is 0 Å². The molecular weight excluding hydrogens is 213 g/mol. The Morgan fingerprint density at radius 1 is 1.20 bits per heavy atom. The zero-order chi connectivity index (χ0) is 11.8. The molecule has 0 spiro atoms. The molecule has 0 atom stereocenters. The summed E-state index contributed by atoms with van der Waals surface area (Å²) in [6.45, 7) is 0. The van der Waals surface area contributed by atoms with Crippen molar-refractivity contribution in [2.75, 3.05) is 14.1 Å². The maximum Gasteiger partial charge on any atom is 0.431 e. The van der Waals surface area contributed by atoms with Crippen molar-refractivity contribution in [2.24, 2.45) is 0 Å². The largest absolute Gasteiger partial charge is 0.431 e. The van der Waals surface area contributed by atoms with Gasteiger partial charge in [-0.15, -0.1) is 0 Å². The van der Waals surface area contributed by atoms with E-state index in [9.17, 15) is 22.8 Å². The Labute approximate surface area is 83.9 Å². The average Bonchev–Trinajstić information content (AvgIpc) is 2.19. The van der Waals surface area contributed by atoms with Crippen molar-refractivity contribution in [1.82, 2.24) is 9.80 Å². The second kappa shape index (κ2) is 3.56. The van der Waals surface area contributed by atoms with Crippen LogP contribution in [0.1, 0.15) is 6.42 Å². The van der Waals surface area contributed by atoms with Gasteiger partial charge in [0, 0.05) is 20.5 Å². The smallest absolute Gasteiger partial charge is 0.293 e. The number of allylic oxidation sites excluding steroid dienone is 1. The number of rotatable bonds is 0. The molecule has 84 valence electrons. The van der Waals surface area contributed by atoms with E-state index in [4.69, 9.17) is 0 Å². The summed E-state index contributed by atoms with van der Waals surface area (Å²) in [7, 11) is 2.13. The molecule has 0 N–H and O–H groups in total. The number of carbonyl (C=O) groups is 2. The van der Waals surface area contributed by atoms with Crippen LogP contribution in [0.5, 0.6) is 0 Å². The van der Waals surface area contributed by atoms with Crippen LogP contribution < -0.4 is 0 Å². The summed E-state index contributed by atoms with van der Waals surface area (Å²) >= 11 is 0. The summed E-state index contributed by atoms with van der Waals surface area (Å²) in [5.74, 6) is -0.661. The Kier molecular flexibility index (Phi) is 2.74. The lowest BCUT2D eigenvalue weighted by molar-refractivity contribution is -0.126. The first kappa shape index (κ1) is 11.5. The first-order chi connectivity index (χ1) is 6.75. The number of halogens is 3. The van der Waals surface area contributed by atoms with Gasteiger partial charge in [0.15, 0.2) is 0 Å². The average molecular weight is 222 g/mol. The molecule has 0 radical (unpaired) electrons. The summed E-state index contributed by atoms with van der Waals surface area (Å²) in [5, 5.41) is 0. The molecule has 0 aliphatic carbocycles. The molecular formula is C8H9F3N2O2. The van der Waals surface area contributed by atoms with Gasteiger partial charge in [-0.1, -0.05) is 0 Å². The quantitative estimate of drug-likeness (QED) is 0.620. The fourth-order valence-electron chi connectivity index (χ4n) is 1.20. The number of hydrogen-bond acceptors (Lipinski definition) is 2. The summed E-state index contributed by atoms with van der Waals surface area (Å²) in [6, 6.07) is -0.985. The van der Waals surface area contributed by atoms with Gasteiger partial charge in [-0.05, 0) is 6.08 Å². The van der Waals surface area contributed by atoms with Gasteiger partial charge in [0.25, 0.3) is 0 Å². The molecule has 0 bridgehead atoms. The van der Waals surface area contributed by atoms with Gasteiger partial charge in [-0.2, -0.15) is 13.2 Å². The first-order valence-electron chi connectivity index (χ1n) is 4.06. The van der Waals surface area contributed by atoms with E-state index >= 15 is 0 Å². The maximum absolute atomic E-state index is 12.4. The monoisotopic (exact) mass is 222 g/mol. The summed E-state index contributed by atoms with van der Waals surface area (Å²) < 4.78 is 37.2. The standard InChI is InChI=1S/C8H9F3N2O2/c1-12-5(8(9,10)11)3-4-6(14)13(2)7(12)15/h3H,4H2,1-2H3. The molecule has 4 nitrogen and oxygen atoms in total. The minimum absolute atomic E-state index is 0.422. The molecule has 0 saturated heterocycles. The molecule has 1 rings (SSSR count). The Morgan fingerprint density at radius 3 is 2.20 bits per heavy atom. The first-order valence-corrected chi connectivity index (χ1v) is 4.06. The minimum atomic E-state index is -4.63. The van der Waals surface area contributed by atoms with E-state index in [1.165, 1.54) is 0 Å². The third-order valence-corrected chi connectivity index (χ3v) is 2.07. The number of carbonyl (C=O) groups excluding carboxylic acids is 2. The predicted octanol–water partition coefficient (Wildman–Crippen LogP) is 1.35. The van der Waals surface area contributed by atoms with Crippen LogP contribution in [0.2, 0.25) is 0 Å². The minimum Gasteiger partial charge on any atom is -0.293 e. The van der Waals surface area contributed by atoms with Gasteiger partial charge in [-0.3, -0.25) is 14.6 Å². The van der Waals surface area contributed by atoms with Crippen LogP contribution in [0.4, 0.5) is 18.0 Å². The molecule has 3 amide bonds. The topological polar surface area (TPSA) is 40.6 Å². The fourth-order valence-corrected chi connectivity index (χ4v) is 1.20. The molecule has 1 aliphatic rings. The lowest BCUT2D eigenvalue weighted by Crippen LogP contribution is -2.41. The number of hydrogen-bond donors (Lipinski definition) is 0. The van der Waals surface area contributed by atoms with Gasteiger partial charge in [-0.25, -0.2) is 4.79 Å². The second-order valence-corrected chi connectivity index (χ2v) is 3.09. The van der Waals surface area contributed by atoms with E-state index in [1.807, 2.05) is 0 Å². The van der Waals surface area contributed by atoms with Crippen LogP contribution in [0.3, 0.4) is 0 Å². The SMILES string of the molecule is CN1C(=O)CC=C(C(F)(F)F)N(C)C1=O. The van der Waals surface area contributed by atoms with E-state index < -0.39 is 30.2 Å². The van der Waals surface area contributed by atoms with E-state index in [2.05, 4.69) is 0 Å². The van der Waals surface area contributed by atoms with Gasteiger partial charge in [0.2, 0.25) is 5.91 Å². The molecule has 15 heavy (non-hydrogen) atoms. The highest BCUT2D eigenvalue weighted by atomic mass is 19.4. The number of nitrogens with zero attached hydrogens (tertiary/aromatic N) is 2. The number of amides is 3. The Hall–Kier alpha value is -1.53. The Bertz CT molecular complexity index is 335. The predicted molar refractivity (Wildman–Crippen MR) is 44.7 cm³/mol. The second-order valence-electron chi connectivity index (χ2n) is 3.09. The van der Waals surface area contributed by atoms with Crippen molar-refractivity contribution in [3.05, 3.63) is 11.8 Å². The highest BCUT2D eigenvalue weighted by Crippen LogP contribution is 2.30. The molecule has 0 unspecified atom stereocenters.